The van der Waals surface area contributed by atoms with Crippen LogP contribution in [-0.4, -0.2) is 63.1 Å². The predicted molar refractivity (Wildman–Crippen MR) is 122 cm³/mol. The molecule has 0 saturated carbocycles. The van der Waals surface area contributed by atoms with Crippen molar-refractivity contribution < 1.29 is 28.2 Å². The number of ether oxygens (including phenoxy) is 2. The van der Waals surface area contributed by atoms with Gasteiger partial charge < -0.3 is 19.7 Å². The number of nitrogens with one attached hydrogen (secondary N) is 1. The van der Waals surface area contributed by atoms with E-state index in [9.17, 15) is 18.8 Å². The molecule has 1 heterocycles. The molecule has 0 radical (unpaired) electrons. The van der Waals surface area contributed by atoms with Crippen molar-refractivity contribution in [3.63, 3.8) is 0 Å². The molecule has 2 aromatic carbocycles. The van der Waals surface area contributed by atoms with Gasteiger partial charge in [-0.1, -0.05) is 24.3 Å². The molecule has 174 valence electrons. The molecule has 0 aliphatic carbocycles. The number of nitrogens with zero attached hydrogens (tertiary/aromatic N) is 2. The van der Waals surface area contributed by atoms with E-state index < -0.39 is 17.6 Å². The highest BCUT2D eigenvalue weighted by Gasteiger charge is 2.43. The van der Waals surface area contributed by atoms with Crippen LogP contribution in [0, 0.1) is 5.82 Å². The maximum absolute atomic E-state index is 14.6. The van der Waals surface area contributed by atoms with Crippen molar-refractivity contribution in [2.45, 2.75) is 6.92 Å². The van der Waals surface area contributed by atoms with Crippen LogP contribution < -0.4 is 10.2 Å². The minimum atomic E-state index is -0.680. The topological polar surface area (TPSA) is 88.2 Å². The largest absolute Gasteiger partial charge is 0.383 e. The van der Waals surface area contributed by atoms with E-state index in [0.717, 1.165) is 4.90 Å². The maximum Gasteiger partial charge on any atom is 0.282 e. The van der Waals surface area contributed by atoms with Crippen LogP contribution in [0.5, 0.6) is 0 Å². The molecular weight excluding hydrogens is 429 g/mol. The molecule has 0 saturated heterocycles. The molecule has 1 aliphatic rings. The highest BCUT2D eigenvalue weighted by Crippen LogP contribution is 2.36. The van der Waals surface area contributed by atoms with Crippen LogP contribution in [0.15, 0.2) is 54.2 Å². The number of carbonyl (C=O) groups excluding carboxylic acids is 3. The fourth-order valence-electron chi connectivity index (χ4n) is 3.59. The van der Waals surface area contributed by atoms with Gasteiger partial charge in [0.15, 0.2) is 0 Å². The molecule has 8 nitrogen and oxygen atoms in total. The fourth-order valence-corrected chi connectivity index (χ4v) is 3.59. The molecule has 0 unspecified atom stereocenters. The summed E-state index contributed by atoms with van der Waals surface area (Å²) in [5.41, 5.74) is 1.19. The van der Waals surface area contributed by atoms with Gasteiger partial charge in [-0.2, -0.15) is 0 Å². The number of rotatable bonds is 10. The zero-order valence-electron chi connectivity index (χ0n) is 18.8. The van der Waals surface area contributed by atoms with Gasteiger partial charge >= 0.3 is 0 Å². The summed E-state index contributed by atoms with van der Waals surface area (Å²) in [4.78, 5) is 40.9. The Balaban J connectivity index is 2.12. The summed E-state index contributed by atoms with van der Waals surface area (Å²) in [5.74, 6) is -2.17. The maximum atomic E-state index is 14.6. The third-order valence-corrected chi connectivity index (χ3v) is 5.09. The summed E-state index contributed by atoms with van der Waals surface area (Å²) in [6, 6.07) is 12.2. The van der Waals surface area contributed by atoms with Gasteiger partial charge in [-0.25, -0.2) is 9.29 Å². The molecule has 1 N–H and O–H groups in total. The monoisotopic (exact) mass is 455 g/mol. The lowest BCUT2D eigenvalue weighted by atomic mass is 10.0. The van der Waals surface area contributed by atoms with Crippen molar-refractivity contribution in [3.8, 4) is 0 Å². The first kappa shape index (κ1) is 24.1. The van der Waals surface area contributed by atoms with Gasteiger partial charge in [0.05, 0.1) is 24.5 Å². The lowest BCUT2D eigenvalue weighted by Crippen LogP contribution is -2.38. The first-order valence-corrected chi connectivity index (χ1v) is 10.4. The molecule has 0 aromatic heterocycles. The highest BCUT2D eigenvalue weighted by atomic mass is 19.1. The molecule has 9 heteroatoms. The van der Waals surface area contributed by atoms with Crippen molar-refractivity contribution in [3.05, 3.63) is 65.6 Å². The normalized spacial score (nSPS) is 13.6. The Kier molecular flexibility index (Phi) is 7.92. The minimum absolute atomic E-state index is 0.117. The minimum Gasteiger partial charge on any atom is -0.383 e. The van der Waals surface area contributed by atoms with E-state index in [2.05, 4.69) is 5.32 Å². The first-order valence-electron chi connectivity index (χ1n) is 10.4. The van der Waals surface area contributed by atoms with Crippen molar-refractivity contribution in [1.82, 2.24) is 4.90 Å². The van der Waals surface area contributed by atoms with E-state index in [1.807, 2.05) is 0 Å². The van der Waals surface area contributed by atoms with E-state index in [0.29, 0.717) is 37.6 Å². The number of anilines is 2. The van der Waals surface area contributed by atoms with Crippen LogP contribution in [-0.2, 0) is 23.9 Å². The molecule has 33 heavy (non-hydrogen) atoms. The number of hydrogen-bond donors (Lipinski definition) is 1. The van der Waals surface area contributed by atoms with Gasteiger partial charge in [-0.15, -0.1) is 0 Å². The van der Waals surface area contributed by atoms with Crippen molar-refractivity contribution in [2.75, 3.05) is 50.7 Å². The first-order chi connectivity index (χ1) is 15.9. The zero-order chi connectivity index (χ0) is 24.0. The fraction of sp³-hybridized carbons (Fsp3) is 0.292. The predicted octanol–water partition coefficient (Wildman–Crippen LogP) is 2.66. The third-order valence-electron chi connectivity index (χ3n) is 5.09. The van der Waals surface area contributed by atoms with E-state index in [1.165, 1.54) is 39.3 Å². The summed E-state index contributed by atoms with van der Waals surface area (Å²) in [6.07, 6.45) is 0. The van der Waals surface area contributed by atoms with Crippen LogP contribution in [0.2, 0.25) is 0 Å². The Morgan fingerprint density at radius 2 is 1.58 bits per heavy atom. The van der Waals surface area contributed by atoms with Crippen LogP contribution in [0.3, 0.4) is 0 Å². The van der Waals surface area contributed by atoms with Gasteiger partial charge in [0.2, 0.25) is 5.91 Å². The Bertz CT molecular complexity index is 1060. The number of methoxy groups -OCH3 is 2. The van der Waals surface area contributed by atoms with Crippen LogP contribution in [0.25, 0.3) is 5.57 Å². The van der Waals surface area contributed by atoms with Crippen LogP contribution in [0.1, 0.15) is 12.5 Å². The second-order valence-corrected chi connectivity index (χ2v) is 7.35. The van der Waals surface area contributed by atoms with E-state index in [-0.39, 0.29) is 22.9 Å². The number of carbonyl (C=O) groups is 3. The molecule has 3 amide bonds. The number of imide groups is 1. The van der Waals surface area contributed by atoms with Crippen LogP contribution >= 0.6 is 0 Å². The molecule has 0 fully saturated rings. The van der Waals surface area contributed by atoms with E-state index in [4.69, 9.17) is 9.47 Å². The number of halogens is 1. The van der Waals surface area contributed by atoms with Gasteiger partial charge in [-0.3, -0.25) is 14.4 Å². The molecule has 0 spiro atoms. The van der Waals surface area contributed by atoms with Gasteiger partial charge in [0, 0.05) is 39.9 Å². The number of amides is 3. The Morgan fingerprint density at radius 1 is 0.970 bits per heavy atom. The van der Waals surface area contributed by atoms with Gasteiger partial charge in [-0.05, 0) is 29.8 Å². The molecule has 2 aromatic rings. The third kappa shape index (κ3) is 5.27. The standard InChI is InChI=1S/C24H26FN3O5/c1-16(29)26-18-10-8-17(9-11-18)21-22(27(12-14-32-2)13-15-33-3)24(31)28(23(21)30)20-7-5-4-6-19(20)25/h4-11H,12-15H2,1-3H3,(H,26,29). The smallest absolute Gasteiger partial charge is 0.282 e. The lowest BCUT2D eigenvalue weighted by molar-refractivity contribution is -0.121. The van der Waals surface area contributed by atoms with Gasteiger partial charge in [0.1, 0.15) is 11.5 Å². The molecule has 1 aliphatic heterocycles. The average Bonchev–Trinajstić information content (AvgIpc) is 3.04. The van der Waals surface area contributed by atoms with Crippen molar-refractivity contribution >= 4 is 34.7 Å². The number of para-hydroxylation sites is 1. The number of benzene rings is 2. The molecular formula is C24H26FN3O5. The summed E-state index contributed by atoms with van der Waals surface area (Å²) in [6.45, 7) is 2.66. The van der Waals surface area contributed by atoms with Crippen molar-refractivity contribution in [1.29, 1.82) is 0 Å². The Hall–Kier alpha value is -3.56. The number of hydrogen-bond acceptors (Lipinski definition) is 6. The summed E-state index contributed by atoms with van der Waals surface area (Å²) >= 11 is 0. The highest BCUT2D eigenvalue weighted by molar-refractivity contribution is 6.45. The summed E-state index contributed by atoms with van der Waals surface area (Å²) < 4.78 is 24.9. The average molecular weight is 455 g/mol. The molecule has 0 atom stereocenters. The Morgan fingerprint density at radius 3 is 2.12 bits per heavy atom. The Labute approximate surface area is 191 Å². The van der Waals surface area contributed by atoms with Gasteiger partial charge in [0.25, 0.3) is 11.8 Å². The van der Waals surface area contributed by atoms with E-state index in [1.54, 1.807) is 35.2 Å². The molecule has 3 rings (SSSR count). The lowest BCUT2D eigenvalue weighted by Gasteiger charge is -2.25. The van der Waals surface area contributed by atoms with Crippen molar-refractivity contribution in [2.24, 2.45) is 0 Å². The second-order valence-electron chi connectivity index (χ2n) is 7.35. The summed E-state index contributed by atoms with van der Waals surface area (Å²) in [5, 5.41) is 2.66. The SMILES string of the molecule is COCCN(CCOC)C1=C(c2ccc(NC(C)=O)cc2)C(=O)N(c2ccccc2F)C1=O. The van der Waals surface area contributed by atoms with Crippen LogP contribution in [0.4, 0.5) is 15.8 Å². The van der Waals surface area contributed by atoms with E-state index >= 15 is 0 Å². The summed E-state index contributed by atoms with van der Waals surface area (Å²) in [7, 11) is 3.08. The quantitative estimate of drug-likeness (QED) is 0.555. The zero-order valence-corrected chi connectivity index (χ0v) is 18.8. The molecule has 0 bridgehead atoms. The second kappa shape index (κ2) is 10.8.